The zero-order valence-electron chi connectivity index (χ0n) is 6.66. The van der Waals surface area contributed by atoms with Crippen LogP contribution in [0.25, 0.3) is 11.1 Å². The van der Waals surface area contributed by atoms with Crippen molar-refractivity contribution in [2.24, 2.45) is 0 Å². The first kappa shape index (κ1) is 7.37. The Morgan fingerprint density at radius 3 is 3.00 bits per heavy atom. The molecule has 1 N–H and O–H groups in total. The summed E-state index contributed by atoms with van der Waals surface area (Å²) in [5, 5.41) is 8.76. The van der Waals surface area contributed by atoms with Crippen LogP contribution in [0.2, 0.25) is 0 Å². The average Bonchev–Trinajstić information content (AvgIpc) is 2.53. The number of aliphatic hydroxyl groups excluding tert-OH is 1. The Morgan fingerprint density at radius 1 is 1.25 bits per heavy atom. The van der Waals surface area contributed by atoms with Gasteiger partial charge in [0.25, 0.3) is 0 Å². The summed E-state index contributed by atoms with van der Waals surface area (Å²) in [4.78, 5) is 0. The molecule has 0 fully saturated rings. The summed E-state index contributed by atoms with van der Waals surface area (Å²) in [6.45, 7) is 0.133. The molecule has 0 saturated heterocycles. The highest BCUT2D eigenvalue weighted by molar-refractivity contribution is 5.67. The highest BCUT2D eigenvalue weighted by Gasteiger charge is 2.08. The van der Waals surface area contributed by atoms with Crippen molar-refractivity contribution < 1.29 is 9.52 Å². The maximum absolute atomic E-state index is 8.76. The van der Waals surface area contributed by atoms with Gasteiger partial charge < -0.3 is 9.52 Å². The average molecular weight is 162 g/mol. The van der Waals surface area contributed by atoms with E-state index in [0.717, 1.165) is 11.3 Å². The van der Waals surface area contributed by atoms with E-state index >= 15 is 0 Å². The molecule has 0 aromatic heterocycles. The van der Waals surface area contributed by atoms with Crippen LogP contribution in [-0.4, -0.2) is 11.7 Å². The molecule has 0 spiro atoms. The molecule has 0 aromatic carbocycles. The molecule has 1 aliphatic carbocycles. The van der Waals surface area contributed by atoms with Crippen LogP contribution in [0, 0.1) is 0 Å². The topological polar surface area (TPSA) is 33.4 Å². The third kappa shape index (κ3) is 1.10. The lowest BCUT2D eigenvalue weighted by molar-refractivity contribution is 0.287. The van der Waals surface area contributed by atoms with Crippen LogP contribution in [0.4, 0.5) is 0 Å². The second-order valence-corrected chi connectivity index (χ2v) is 2.71. The first-order chi connectivity index (χ1) is 5.92. The number of hydrogen-bond acceptors (Lipinski definition) is 2. The van der Waals surface area contributed by atoms with Crippen molar-refractivity contribution in [1.29, 1.82) is 0 Å². The van der Waals surface area contributed by atoms with Gasteiger partial charge in [0.05, 0.1) is 12.9 Å². The molecule has 2 aliphatic rings. The van der Waals surface area contributed by atoms with Crippen molar-refractivity contribution in [1.82, 2.24) is 0 Å². The van der Waals surface area contributed by atoms with Gasteiger partial charge in [-0.15, -0.1) is 0 Å². The monoisotopic (exact) mass is 162 g/mol. The van der Waals surface area contributed by atoms with Crippen LogP contribution < -0.4 is 0 Å². The van der Waals surface area contributed by atoms with Gasteiger partial charge in [0.2, 0.25) is 0 Å². The van der Waals surface area contributed by atoms with Gasteiger partial charge in [-0.2, -0.15) is 0 Å². The highest BCUT2D eigenvalue weighted by Crippen LogP contribution is 2.26. The van der Waals surface area contributed by atoms with Crippen LogP contribution in [0.15, 0.2) is 34.9 Å². The summed E-state index contributed by atoms with van der Waals surface area (Å²) in [7, 11) is 0. The molecule has 0 atom stereocenters. The lowest BCUT2D eigenvalue weighted by Gasteiger charge is -2.03. The fraction of sp³-hybridized carbons (Fsp3) is 0.200. The smallest absolute Gasteiger partial charge is 0.113 e. The summed E-state index contributed by atoms with van der Waals surface area (Å²) in [6.07, 6.45) is 2.24. The highest BCUT2D eigenvalue weighted by atomic mass is 16.3. The molecule has 2 heteroatoms. The van der Waals surface area contributed by atoms with Crippen molar-refractivity contribution in [2.45, 2.75) is 6.42 Å². The van der Waals surface area contributed by atoms with Gasteiger partial charge >= 0.3 is 0 Å². The molecule has 0 amide bonds. The maximum atomic E-state index is 8.76. The van der Waals surface area contributed by atoms with Crippen LogP contribution in [-0.2, 0) is 6.42 Å². The lowest BCUT2D eigenvalue weighted by atomic mass is 10.1. The predicted molar refractivity (Wildman–Crippen MR) is 46.1 cm³/mol. The first-order valence-corrected chi connectivity index (χ1v) is 3.98. The van der Waals surface area contributed by atoms with Crippen LogP contribution >= 0.6 is 0 Å². The molecule has 0 bridgehead atoms. The molecular weight excluding hydrogens is 152 g/mol. The van der Waals surface area contributed by atoms with Crippen molar-refractivity contribution in [3.63, 3.8) is 0 Å². The zero-order chi connectivity index (χ0) is 8.39. The van der Waals surface area contributed by atoms with Crippen molar-refractivity contribution in [2.75, 3.05) is 6.61 Å². The standard InChI is InChI=1S/C10H10O2/c11-6-4-10-9-3-1-2-8(9)5-7-12-10/h1-3,5,7,11H,4,6H2. The summed E-state index contributed by atoms with van der Waals surface area (Å²) in [5.74, 6) is 0.861. The Bertz CT molecular complexity index is 338. The second kappa shape index (κ2) is 2.99. The lowest BCUT2D eigenvalue weighted by Crippen LogP contribution is -1.92. The molecule has 0 aromatic rings. The summed E-state index contributed by atoms with van der Waals surface area (Å²) < 4.78 is 5.28. The van der Waals surface area contributed by atoms with E-state index in [2.05, 4.69) is 0 Å². The quantitative estimate of drug-likeness (QED) is 0.731. The number of aliphatic hydroxyl groups is 1. The minimum atomic E-state index is 0.133. The Hall–Kier alpha value is -1.28. The van der Waals surface area contributed by atoms with Crippen LogP contribution in [0.3, 0.4) is 0 Å². The Morgan fingerprint density at radius 2 is 2.17 bits per heavy atom. The minimum Gasteiger partial charge on any atom is -0.469 e. The first-order valence-electron chi connectivity index (χ1n) is 3.98. The Labute approximate surface area is 70.8 Å². The maximum Gasteiger partial charge on any atom is 0.113 e. The fourth-order valence-electron chi connectivity index (χ4n) is 1.38. The van der Waals surface area contributed by atoms with E-state index in [9.17, 15) is 0 Å². The summed E-state index contributed by atoms with van der Waals surface area (Å²) >= 11 is 0. The fourth-order valence-corrected chi connectivity index (χ4v) is 1.38. The van der Waals surface area contributed by atoms with Crippen molar-refractivity contribution in [3.8, 4) is 11.1 Å². The van der Waals surface area contributed by atoms with Gasteiger partial charge in [0, 0.05) is 12.0 Å². The number of rotatable bonds is 2. The van der Waals surface area contributed by atoms with E-state index in [1.165, 1.54) is 5.56 Å². The Balaban J connectivity index is 2.48. The molecule has 1 heterocycles. The van der Waals surface area contributed by atoms with Gasteiger partial charge in [-0.05, 0) is 11.6 Å². The number of hydrogen-bond donors (Lipinski definition) is 1. The van der Waals surface area contributed by atoms with Crippen LogP contribution in [0.5, 0.6) is 0 Å². The third-order valence-corrected chi connectivity index (χ3v) is 1.95. The van der Waals surface area contributed by atoms with E-state index < -0.39 is 0 Å². The second-order valence-electron chi connectivity index (χ2n) is 2.71. The molecule has 12 heavy (non-hydrogen) atoms. The molecule has 0 unspecified atom stereocenters. The molecule has 62 valence electrons. The number of fused-ring (bicyclic) bond motifs is 1. The van der Waals surface area contributed by atoms with E-state index in [1.807, 2.05) is 24.3 Å². The van der Waals surface area contributed by atoms with Gasteiger partial charge in [0.15, 0.2) is 0 Å². The van der Waals surface area contributed by atoms with E-state index in [-0.39, 0.29) is 6.61 Å². The SMILES string of the molecule is OCCc1occc2cccc1-2. The van der Waals surface area contributed by atoms with Crippen LogP contribution in [0.1, 0.15) is 5.76 Å². The molecule has 2 nitrogen and oxygen atoms in total. The van der Waals surface area contributed by atoms with E-state index in [4.69, 9.17) is 9.52 Å². The molecule has 2 rings (SSSR count). The van der Waals surface area contributed by atoms with E-state index in [0.29, 0.717) is 6.42 Å². The molecule has 0 radical (unpaired) electrons. The summed E-state index contributed by atoms with van der Waals surface area (Å²) in [6, 6.07) is 7.95. The Kier molecular flexibility index (Phi) is 1.84. The van der Waals surface area contributed by atoms with E-state index in [1.54, 1.807) is 6.26 Å². The summed E-state index contributed by atoms with van der Waals surface area (Å²) in [5.41, 5.74) is 2.27. The largest absolute Gasteiger partial charge is 0.469 e. The minimum absolute atomic E-state index is 0.133. The third-order valence-electron chi connectivity index (χ3n) is 1.95. The molecular formula is C10H10O2. The predicted octanol–water partition coefficient (Wildman–Crippen LogP) is 1.92. The van der Waals surface area contributed by atoms with Gasteiger partial charge in [-0.25, -0.2) is 0 Å². The molecule has 1 aliphatic heterocycles. The van der Waals surface area contributed by atoms with Gasteiger partial charge in [-0.3, -0.25) is 0 Å². The van der Waals surface area contributed by atoms with Gasteiger partial charge in [0.1, 0.15) is 5.76 Å². The zero-order valence-corrected chi connectivity index (χ0v) is 6.66. The van der Waals surface area contributed by atoms with Crippen molar-refractivity contribution >= 4 is 0 Å². The molecule has 0 saturated carbocycles. The normalized spacial score (nSPS) is 10.8. The van der Waals surface area contributed by atoms with Crippen molar-refractivity contribution in [3.05, 3.63) is 36.3 Å². The van der Waals surface area contributed by atoms with Gasteiger partial charge in [-0.1, -0.05) is 18.2 Å².